The van der Waals surface area contributed by atoms with Gasteiger partial charge in [-0.15, -0.1) is 0 Å². The van der Waals surface area contributed by atoms with E-state index >= 15 is 0 Å². The zero-order valence-electron chi connectivity index (χ0n) is 9.39. The van der Waals surface area contributed by atoms with Crippen LogP contribution < -0.4 is 0 Å². The fraction of sp³-hybridized carbons (Fsp3) is 0.0769. The largest absolute Gasteiger partial charge is 0.365 e. The fourth-order valence-corrected chi connectivity index (χ4v) is 2.66. The Morgan fingerprint density at radius 3 is 1.39 bits per heavy atom. The van der Waals surface area contributed by atoms with Crippen molar-refractivity contribution < 1.29 is 18.1 Å². The lowest BCUT2D eigenvalue weighted by molar-refractivity contribution is 0.154. The van der Waals surface area contributed by atoms with E-state index in [1.807, 2.05) is 0 Å². The molecule has 0 radical (unpaired) electrons. The molecule has 18 heavy (non-hydrogen) atoms. The smallest absolute Gasteiger partial charge is 0.304 e. The zero-order chi connectivity index (χ0) is 13.2. The SMILES string of the molecule is O=S(=O)(O)C(O)(c1ccccc1)c1ccccc1. The van der Waals surface area contributed by atoms with E-state index in [1.54, 1.807) is 36.4 Å². The summed E-state index contributed by atoms with van der Waals surface area (Å²) >= 11 is 0. The van der Waals surface area contributed by atoms with Crippen molar-refractivity contribution >= 4 is 10.1 Å². The van der Waals surface area contributed by atoms with Crippen LogP contribution in [0.2, 0.25) is 0 Å². The molecule has 0 bridgehead atoms. The first-order chi connectivity index (χ1) is 8.46. The van der Waals surface area contributed by atoms with Gasteiger partial charge in [0.25, 0.3) is 0 Å². The van der Waals surface area contributed by atoms with Crippen molar-refractivity contribution in [1.29, 1.82) is 0 Å². The normalized spacial score (nSPS) is 12.3. The highest BCUT2D eigenvalue weighted by molar-refractivity contribution is 7.86. The third kappa shape index (κ3) is 2.03. The van der Waals surface area contributed by atoms with Gasteiger partial charge in [-0.2, -0.15) is 8.42 Å². The maximum atomic E-state index is 11.6. The molecule has 0 spiro atoms. The van der Waals surface area contributed by atoms with Gasteiger partial charge in [0.2, 0.25) is 4.93 Å². The van der Waals surface area contributed by atoms with Gasteiger partial charge in [0.05, 0.1) is 0 Å². The van der Waals surface area contributed by atoms with Gasteiger partial charge in [-0.1, -0.05) is 60.7 Å². The third-order valence-electron chi connectivity index (χ3n) is 2.70. The molecule has 2 rings (SSSR count). The van der Waals surface area contributed by atoms with Gasteiger partial charge in [0, 0.05) is 11.1 Å². The van der Waals surface area contributed by atoms with Gasteiger partial charge in [0.1, 0.15) is 0 Å². The van der Waals surface area contributed by atoms with Crippen LogP contribution >= 0.6 is 0 Å². The Morgan fingerprint density at radius 1 is 0.778 bits per heavy atom. The van der Waals surface area contributed by atoms with Gasteiger partial charge < -0.3 is 5.11 Å². The molecular weight excluding hydrogens is 252 g/mol. The molecule has 0 fully saturated rings. The highest BCUT2D eigenvalue weighted by Crippen LogP contribution is 2.34. The zero-order valence-corrected chi connectivity index (χ0v) is 10.2. The first-order valence-corrected chi connectivity index (χ1v) is 6.71. The standard InChI is InChI=1S/C13H12O4S/c14-13(18(15,16)17,11-7-3-1-4-8-11)12-9-5-2-6-10-12/h1-10,14H,(H,15,16,17). The summed E-state index contributed by atoms with van der Waals surface area (Å²) in [6, 6.07) is 15.5. The topological polar surface area (TPSA) is 74.6 Å². The Balaban J connectivity index is 2.72. The molecular formula is C13H12O4S. The van der Waals surface area contributed by atoms with E-state index in [4.69, 9.17) is 0 Å². The summed E-state index contributed by atoms with van der Waals surface area (Å²) in [5.41, 5.74) is 0.192. The molecule has 0 aliphatic heterocycles. The highest BCUT2D eigenvalue weighted by atomic mass is 32.2. The Kier molecular flexibility index (Phi) is 3.21. The van der Waals surface area contributed by atoms with Crippen molar-refractivity contribution in [3.63, 3.8) is 0 Å². The lowest BCUT2D eigenvalue weighted by atomic mass is 10.0. The second-order valence-electron chi connectivity index (χ2n) is 3.85. The van der Waals surface area contributed by atoms with Gasteiger partial charge in [-0.05, 0) is 0 Å². The molecule has 0 saturated carbocycles. The maximum absolute atomic E-state index is 11.6. The van der Waals surface area contributed by atoms with Crippen LogP contribution in [0.1, 0.15) is 11.1 Å². The molecule has 0 aliphatic carbocycles. The van der Waals surface area contributed by atoms with Crippen LogP contribution in [0.4, 0.5) is 0 Å². The lowest BCUT2D eigenvalue weighted by Gasteiger charge is -2.25. The average molecular weight is 264 g/mol. The van der Waals surface area contributed by atoms with Crippen LogP contribution in [0.3, 0.4) is 0 Å². The van der Waals surface area contributed by atoms with Crippen LogP contribution in [0.15, 0.2) is 60.7 Å². The van der Waals surface area contributed by atoms with Crippen molar-refractivity contribution in [2.24, 2.45) is 0 Å². The van der Waals surface area contributed by atoms with Crippen molar-refractivity contribution in [2.75, 3.05) is 0 Å². The molecule has 0 aromatic heterocycles. The van der Waals surface area contributed by atoms with Gasteiger partial charge in [-0.25, -0.2) is 0 Å². The molecule has 0 unspecified atom stereocenters. The summed E-state index contributed by atoms with van der Waals surface area (Å²) < 4.78 is 32.5. The summed E-state index contributed by atoms with van der Waals surface area (Å²) in [6.07, 6.45) is 0. The summed E-state index contributed by atoms with van der Waals surface area (Å²) in [4.78, 5) is -2.45. The Hall–Kier alpha value is -1.69. The van der Waals surface area contributed by atoms with E-state index in [0.29, 0.717) is 0 Å². The summed E-state index contributed by atoms with van der Waals surface area (Å²) in [5.74, 6) is 0. The molecule has 0 heterocycles. The van der Waals surface area contributed by atoms with Crippen LogP contribution in [0, 0.1) is 0 Å². The third-order valence-corrected chi connectivity index (χ3v) is 3.92. The second kappa shape index (κ2) is 4.53. The monoisotopic (exact) mass is 264 g/mol. The minimum Gasteiger partial charge on any atom is -0.365 e. The van der Waals surface area contributed by atoms with E-state index in [0.717, 1.165) is 0 Å². The molecule has 0 saturated heterocycles. The van der Waals surface area contributed by atoms with E-state index in [1.165, 1.54) is 24.3 Å². The number of aliphatic hydroxyl groups is 1. The van der Waals surface area contributed by atoms with E-state index in [-0.39, 0.29) is 11.1 Å². The van der Waals surface area contributed by atoms with Crippen molar-refractivity contribution in [3.8, 4) is 0 Å². The van der Waals surface area contributed by atoms with Crippen LogP contribution in [-0.2, 0) is 15.1 Å². The van der Waals surface area contributed by atoms with Crippen molar-refractivity contribution in [1.82, 2.24) is 0 Å². The van der Waals surface area contributed by atoms with Crippen LogP contribution in [-0.4, -0.2) is 18.1 Å². The van der Waals surface area contributed by atoms with Gasteiger partial charge >= 0.3 is 10.1 Å². The average Bonchev–Trinajstić information content (AvgIpc) is 2.38. The molecule has 94 valence electrons. The molecule has 2 aromatic rings. The minimum atomic E-state index is -4.71. The van der Waals surface area contributed by atoms with Crippen molar-refractivity contribution in [2.45, 2.75) is 4.93 Å². The molecule has 4 nitrogen and oxygen atoms in total. The first-order valence-electron chi connectivity index (χ1n) is 5.27. The molecule has 0 atom stereocenters. The number of benzene rings is 2. The second-order valence-corrected chi connectivity index (χ2v) is 5.39. The molecule has 5 heteroatoms. The predicted molar refractivity (Wildman–Crippen MR) is 67.4 cm³/mol. The summed E-state index contributed by atoms with van der Waals surface area (Å²) in [6.45, 7) is 0. The maximum Gasteiger partial charge on any atom is 0.304 e. The van der Waals surface area contributed by atoms with Gasteiger partial charge in [0.15, 0.2) is 0 Å². The summed E-state index contributed by atoms with van der Waals surface area (Å²) in [7, 11) is -4.71. The van der Waals surface area contributed by atoms with Crippen LogP contribution in [0.25, 0.3) is 0 Å². The lowest BCUT2D eigenvalue weighted by Crippen LogP contribution is -2.36. The Bertz CT molecular complexity index is 581. The van der Waals surface area contributed by atoms with E-state index in [9.17, 15) is 18.1 Å². The number of rotatable bonds is 3. The minimum absolute atomic E-state index is 0.0960. The molecule has 2 N–H and O–H groups in total. The fourth-order valence-electron chi connectivity index (χ4n) is 1.79. The van der Waals surface area contributed by atoms with E-state index < -0.39 is 15.1 Å². The molecule has 0 aliphatic rings. The predicted octanol–water partition coefficient (Wildman–Crippen LogP) is 1.77. The highest BCUT2D eigenvalue weighted by Gasteiger charge is 2.44. The number of hydrogen-bond acceptors (Lipinski definition) is 3. The van der Waals surface area contributed by atoms with E-state index in [2.05, 4.69) is 0 Å². The van der Waals surface area contributed by atoms with Crippen LogP contribution in [0.5, 0.6) is 0 Å². The summed E-state index contributed by atoms with van der Waals surface area (Å²) in [5, 5.41) is 10.5. The molecule has 2 aromatic carbocycles. The Morgan fingerprint density at radius 2 is 1.11 bits per heavy atom. The van der Waals surface area contributed by atoms with Gasteiger partial charge in [-0.3, -0.25) is 4.55 Å². The number of hydrogen-bond donors (Lipinski definition) is 2. The Labute approximate surface area is 105 Å². The quantitative estimate of drug-likeness (QED) is 0.828. The van der Waals surface area contributed by atoms with Crippen molar-refractivity contribution in [3.05, 3.63) is 71.8 Å². The first kappa shape index (κ1) is 12.8. The molecule has 0 amide bonds.